The van der Waals surface area contributed by atoms with Crippen molar-refractivity contribution in [2.75, 3.05) is 19.7 Å². The fraction of sp³-hybridized carbons (Fsp3) is 0.692. The summed E-state index contributed by atoms with van der Waals surface area (Å²) >= 11 is 0. The quantitative estimate of drug-likeness (QED) is 0.560. The Morgan fingerprint density at radius 1 is 1.61 bits per heavy atom. The van der Waals surface area contributed by atoms with Crippen LogP contribution in [0.15, 0.2) is 12.7 Å². The topological polar surface area (TPSA) is 58.6 Å². The molecule has 5 nitrogen and oxygen atoms in total. The number of hydrogen-bond acceptors (Lipinski definition) is 4. The number of rotatable bonds is 6. The van der Waals surface area contributed by atoms with E-state index in [9.17, 15) is 9.59 Å². The number of carbonyl (C=O) groups is 2. The molecule has 1 rings (SSSR count). The molecule has 1 saturated heterocycles. The lowest BCUT2D eigenvalue weighted by molar-refractivity contribution is -0.149. The first-order chi connectivity index (χ1) is 8.61. The largest absolute Gasteiger partial charge is 0.465 e. The van der Waals surface area contributed by atoms with Crippen LogP contribution in [0.3, 0.4) is 0 Å². The maximum atomic E-state index is 11.9. The van der Waals surface area contributed by atoms with Crippen LogP contribution in [0, 0.1) is 0 Å². The highest BCUT2D eigenvalue weighted by Gasteiger charge is 2.36. The molecule has 1 amide bonds. The van der Waals surface area contributed by atoms with Crippen molar-refractivity contribution in [2.24, 2.45) is 0 Å². The van der Waals surface area contributed by atoms with Gasteiger partial charge in [0.1, 0.15) is 6.04 Å². The standard InChI is InChI=1S/C13H22N2O3/c1-4-8-14-12(16)10(3)15-9-6-7-11(15)13(17)18-5-2/h4,10-11H,1,5-9H2,2-3H3,(H,14,16). The van der Waals surface area contributed by atoms with Gasteiger partial charge < -0.3 is 10.1 Å². The van der Waals surface area contributed by atoms with Crippen molar-refractivity contribution in [2.45, 2.75) is 38.8 Å². The number of esters is 1. The zero-order chi connectivity index (χ0) is 13.5. The van der Waals surface area contributed by atoms with Crippen molar-refractivity contribution in [1.29, 1.82) is 0 Å². The average molecular weight is 254 g/mol. The van der Waals surface area contributed by atoms with Gasteiger partial charge in [0.25, 0.3) is 0 Å². The Morgan fingerprint density at radius 3 is 2.94 bits per heavy atom. The van der Waals surface area contributed by atoms with Crippen molar-refractivity contribution in [3.63, 3.8) is 0 Å². The van der Waals surface area contributed by atoms with Crippen LogP contribution in [0.25, 0.3) is 0 Å². The molecule has 1 aliphatic heterocycles. The average Bonchev–Trinajstić information content (AvgIpc) is 2.84. The third-order valence-electron chi connectivity index (χ3n) is 3.15. The molecule has 0 aromatic carbocycles. The summed E-state index contributed by atoms with van der Waals surface area (Å²) in [5.74, 6) is -0.301. The van der Waals surface area contributed by atoms with Gasteiger partial charge in [0.05, 0.1) is 12.6 Å². The fourth-order valence-corrected chi connectivity index (χ4v) is 2.22. The number of nitrogens with zero attached hydrogens (tertiary/aromatic N) is 1. The van der Waals surface area contributed by atoms with Gasteiger partial charge in [-0.15, -0.1) is 6.58 Å². The Hall–Kier alpha value is -1.36. The molecule has 0 spiro atoms. The van der Waals surface area contributed by atoms with E-state index in [1.807, 2.05) is 11.8 Å². The summed E-state index contributed by atoms with van der Waals surface area (Å²) in [6, 6.07) is -0.601. The number of ether oxygens (including phenoxy) is 1. The van der Waals surface area contributed by atoms with Gasteiger partial charge in [0.15, 0.2) is 0 Å². The van der Waals surface area contributed by atoms with Crippen LogP contribution in [0.5, 0.6) is 0 Å². The highest BCUT2D eigenvalue weighted by molar-refractivity contribution is 5.83. The molecular formula is C13H22N2O3. The monoisotopic (exact) mass is 254 g/mol. The molecule has 1 heterocycles. The third kappa shape index (κ3) is 3.57. The second-order valence-electron chi connectivity index (χ2n) is 4.36. The second kappa shape index (κ2) is 7.16. The molecule has 2 atom stereocenters. The Balaban J connectivity index is 2.59. The van der Waals surface area contributed by atoms with Gasteiger partial charge in [-0.3, -0.25) is 14.5 Å². The van der Waals surface area contributed by atoms with Crippen LogP contribution < -0.4 is 5.32 Å². The Bertz CT molecular complexity index is 317. The summed E-state index contributed by atoms with van der Waals surface area (Å²) in [4.78, 5) is 25.6. The number of amides is 1. The molecule has 102 valence electrons. The molecule has 1 N–H and O–H groups in total. The van der Waals surface area contributed by atoms with Crippen LogP contribution >= 0.6 is 0 Å². The maximum absolute atomic E-state index is 11.9. The molecule has 2 unspecified atom stereocenters. The number of likely N-dealkylation sites (tertiary alicyclic amines) is 1. The van der Waals surface area contributed by atoms with E-state index in [2.05, 4.69) is 11.9 Å². The van der Waals surface area contributed by atoms with E-state index in [0.717, 1.165) is 19.4 Å². The fourth-order valence-electron chi connectivity index (χ4n) is 2.22. The smallest absolute Gasteiger partial charge is 0.323 e. The zero-order valence-electron chi connectivity index (χ0n) is 11.1. The van der Waals surface area contributed by atoms with Crippen molar-refractivity contribution < 1.29 is 14.3 Å². The van der Waals surface area contributed by atoms with Crippen LogP contribution in [-0.2, 0) is 14.3 Å². The molecule has 0 saturated carbocycles. The van der Waals surface area contributed by atoms with E-state index >= 15 is 0 Å². The Morgan fingerprint density at radius 2 is 2.33 bits per heavy atom. The van der Waals surface area contributed by atoms with E-state index in [1.165, 1.54) is 0 Å². The summed E-state index contributed by atoms with van der Waals surface area (Å²) in [7, 11) is 0. The van der Waals surface area contributed by atoms with Gasteiger partial charge in [0.2, 0.25) is 5.91 Å². The highest BCUT2D eigenvalue weighted by Crippen LogP contribution is 2.21. The Labute approximate surface area is 108 Å². The summed E-state index contributed by atoms with van der Waals surface area (Å²) in [5, 5.41) is 2.75. The van der Waals surface area contributed by atoms with Gasteiger partial charge in [-0.25, -0.2) is 0 Å². The molecule has 0 aliphatic carbocycles. The molecule has 0 bridgehead atoms. The van der Waals surface area contributed by atoms with Crippen molar-refractivity contribution in [3.05, 3.63) is 12.7 Å². The third-order valence-corrected chi connectivity index (χ3v) is 3.15. The lowest BCUT2D eigenvalue weighted by Crippen LogP contribution is -2.49. The van der Waals surface area contributed by atoms with Crippen LogP contribution in [0.1, 0.15) is 26.7 Å². The maximum Gasteiger partial charge on any atom is 0.323 e. The number of carbonyl (C=O) groups excluding carboxylic acids is 2. The summed E-state index contributed by atoms with van der Waals surface area (Å²) in [6.45, 7) is 8.74. The van der Waals surface area contributed by atoms with Crippen molar-refractivity contribution in [1.82, 2.24) is 10.2 Å². The second-order valence-corrected chi connectivity index (χ2v) is 4.36. The predicted molar refractivity (Wildman–Crippen MR) is 69.0 cm³/mol. The normalized spacial score (nSPS) is 21.3. The molecule has 0 aromatic heterocycles. The van der Waals surface area contributed by atoms with Crippen LogP contribution in [-0.4, -0.2) is 48.6 Å². The highest BCUT2D eigenvalue weighted by atomic mass is 16.5. The SMILES string of the molecule is C=CCNC(=O)C(C)N1CCCC1C(=O)OCC. The first-order valence-corrected chi connectivity index (χ1v) is 6.42. The van der Waals surface area contributed by atoms with E-state index in [4.69, 9.17) is 4.74 Å². The van der Waals surface area contributed by atoms with Crippen LogP contribution in [0.2, 0.25) is 0 Å². The minimum Gasteiger partial charge on any atom is -0.465 e. The van der Waals surface area contributed by atoms with Gasteiger partial charge in [0, 0.05) is 6.54 Å². The number of nitrogens with one attached hydrogen (secondary N) is 1. The van der Waals surface area contributed by atoms with E-state index in [1.54, 1.807) is 13.0 Å². The zero-order valence-corrected chi connectivity index (χ0v) is 11.1. The lowest BCUT2D eigenvalue weighted by Gasteiger charge is -2.28. The van der Waals surface area contributed by atoms with Crippen LogP contribution in [0.4, 0.5) is 0 Å². The van der Waals surface area contributed by atoms with E-state index in [-0.39, 0.29) is 24.0 Å². The lowest BCUT2D eigenvalue weighted by atomic mass is 10.2. The molecule has 18 heavy (non-hydrogen) atoms. The van der Waals surface area contributed by atoms with E-state index in [0.29, 0.717) is 13.2 Å². The molecule has 0 aromatic rings. The Kier molecular flexibility index (Phi) is 5.85. The molecule has 0 radical (unpaired) electrons. The summed E-state index contributed by atoms with van der Waals surface area (Å²) < 4.78 is 5.04. The predicted octanol–water partition coefficient (Wildman–Crippen LogP) is 0.705. The summed E-state index contributed by atoms with van der Waals surface area (Å²) in [6.07, 6.45) is 3.32. The van der Waals surface area contributed by atoms with Gasteiger partial charge in [-0.1, -0.05) is 6.08 Å². The number of hydrogen-bond donors (Lipinski definition) is 1. The molecule has 1 aliphatic rings. The molecule has 5 heteroatoms. The van der Waals surface area contributed by atoms with Gasteiger partial charge in [-0.2, -0.15) is 0 Å². The van der Waals surface area contributed by atoms with E-state index < -0.39 is 0 Å². The minimum absolute atomic E-state index is 0.0777. The first kappa shape index (κ1) is 14.7. The first-order valence-electron chi connectivity index (χ1n) is 6.42. The van der Waals surface area contributed by atoms with Gasteiger partial charge in [-0.05, 0) is 33.2 Å². The van der Waals surface area contributed by atoms with Gasteiger partial charge >= 0.3 is 5.97 Å². The van der Waals surface area contributed by atoms with Crippen molar-refractivity contribution in [3.8, 4) is 0 Å². The molecular weight excluding hydrogens is 232 g/mol. The molecule has 1 fully saturated rings. The minimum atomic E-state index is -0.318. The van der Waals surface area contributed by atoms with Crippen molar-refractivity contribution >= 4 is 11.9 Å². The summed E-state index contributed by atoms with van der Waals surface area (Å²) in [5.41, 5.74) is 0.